The molecule has 2 amide bonds. The monoisotopic (exact) mass is 382 g/mol. The average molecular weight is 382 g/mol. The number of amides is 2. The van der Waals surface area contributed by atoms with Gasteiger partial charge in [-0.25, -0.2) is 4.79 Å². The van der Waals surface area contributed by atoms with Crippen molar-refractivity contribution in [2.24, 2.45) is 0 Å². The normalized spacial score (nSPS) is 12.6. The van der Waals surface area contributed by atoms with E-state index in [1.165, 1.54) is 14.0 Å². The van der Waals surface area contributed by atoms with Crippen LogP contribution >= 0.6 is 11.8 Å². The fourth-order valence-corrected chi connectivity index (χ4v) is 2.65. The van der Waals surface area contributed by atoms with Crippen LogP contribution in [0.2, 0.25) is 0 Å². The summed E-state index contributed by atoms with van der Waals surface area (Å²) < 4.78 is 10.4. The average Bonchev–Trinajstić information content (AvgIpc) is 2.64. The molecule has 1 aromatic rings. The van der Waals surface area contributed by atoms with Gasteiger partial charge in [-0.2, -0.15) is 11.8 Å². The van der Waals surface area contributed by atoms with Gasteiger partial charge in [-0.05, 0) is 44.4 Å². The van der Waals surface area contributed by atoms with Gasteiger partial charge in [0.1, 0.15) is 11.8 Å². The molecule has 1 aromatic carbocycles. The van der Waals surface area contributed by atoms with E-state index in [9.17, 15) is 14.4 Å². The number of ether oxygens (including phenoxy) is 2. The van der Waals surface area contributed by atoms with Crippen molar-refractivity contribution in [1.82, 2.24) is 10.6 Å². The second kappa shape index (κ2) is 11.4. The molecular formula is C18H26N2O5S. The van der Waals surface area contributed by atoms with Crippen LogP contribution in [-0.2, 0) is 14.3 Å². The highest BCUT2D eigenvalue weighted by atomic mass is 32.2. The Morgan fingerprint density at radius 1 is 1.23 bits per heavy atom. The van der Waals surface area contributed by atoms with Gasteiger partial charge < -0.3 is 20.1 Å². The number of para-hydroxylation sites is 1. The summed E-state index contributed by atoms with van der Waals surface area (Å²) in [6, 6.07) is 5.90. The van der Waals surface area contributed by atoms with E-state index in [0.29, 0.717) is 30.0 Å². The molecule has 0 aliphatic heterocycles. The first-order valence-corrected chi connectivity index (χ1v) is 9.74. The van der Waals surface area contributed by atoms with Gasteiger partial charge in [0.05, 0.1) is 12.7 Å². The van der Waals surface area contributed by atoms with Crippen LogP contribution in [0, 0.1) is 0 Å². The molecule has 1 rings (SSSR count). The molecule has 2 N–H and O–H groups in total. The molecule has 0 spiro atoms. The number of hydrogen-bond acceptors (Lipinski definition) is 6. The number of carbonyl (C=O) groups excluding carboxylic acids is 3. The number of hydrogen-bond donors (Lipinski definition) is 2. The minimum Gasteiger partial charge on any atom is -0.496 e. The predicted octanol–water partition coefficient (Wildman–Crippen LogP) is 1.61. The Balaban J connectivity index is 2.83. The molecule has 8 heteroatoms. The van der Waals surface area contributed by atoms with Crippen molar-refractivity contribution < 1.29 is 23.9 Å². The van der Waals surface area contributed by atoms with E-state index in [4.69, 9.17) is 9.47 Å². The van der Waals surface area contributed by atoms with Crippen molar-refractivity contribution in [3.05, 3.63) is 29.8 Å². The number of esters is 1. The van der Waals surface area contributed by atoms with Gasteiger partial charge in [0, 0.05) is 6.54 Å². The van der Waals surface area contributed by atoms with Crippen LogP contribution in [-0.4, -0.2) is 55.6 Å². The molecule has 0 heterocycles. The highest BCUT2D eigenvalue weighted by Gasteiger charge is 2.27. The second-order valence-corrected chi connectivity index (χ2v) is 6.47. The summed E-state index contributed by atoms with van der Waals surface area (Å²) in [6.07, 6.45) is 1.37. The number of likely N-dealkylation sites (N-methyl/N-ethyl adjacent to an activating group) is 1. The van der Waals surface area contributed by atoms with E-state index in [-0.39, 0.29) is 5.91 Å². The molecule has 0 aliphatic carbocycles. The zero-order chi connectivity index (χ0) is 19.5. The number of thioether (sulfide) groups is 1. The molecule has 0 fully saturated rings. The molecular weight excluding hydrogens is 356 g/mol. The lowest BCUT2D eigenvalue weighted by Crippen LogP contribution is -2.45. The Kier molecular flexibility index (Phi) is 9.57. The quantitative estimate of drug-likeness (QED) is 0.597. The third-order valence-electron chi connectivity index (χ3n) is 3.57. The molecule has 0 unspecified atom stereocenters. The molecule has 0 aliphatic rings. The summed E-state index contributed by atoms with van der Waals surface area (Å²) in [4.78, 5) is 36.7. The fourth-order valence-electron chi connectivity index (χ4n) is 2.18. The minimum absolute atomic E-state index is 0.328. The topological polar surface area (TPSA) is 93.7 Å². The van der Waals surface area contributed by atoms with Gasteiger partial charge >= 0.3 is 5.97 Å². The summed E-state index contributed by atoms with van der Waals surface area (Å²) in [5, 5.41) is 5.27. The maximum absolute atomic E-state index is 12.5. The van der Waals surface area contributed by atoms with Crippen molar-refractivity contribution in [3.63, 3.8) is 0 Å². The van der Waals surface area contributed by atoms with Crippen LogP contribution in [0.25, 0.3) is 0 Å². The third-order valence-corrected chi connectivity index (χ3v) is 4.21. The Bertz CT molecular complexity index is 623. The van der Waals surface area contributed by atoms with Crippen molar-refractivity contribution in [1.29, 1.82) is 0 Å². The first-order chi connectivity index (χ1) is 12.4. The van der Waals surface area contributed by atoms with E-state index in [2.05, 4.69) is 10.6 Å². The van der Waals surface area contributed by atoms with Gasteiger partial charge in [0.2, 0.25) is 0 Å². The number of methoxy groups -OCH3 is 1. The van der Waals surface area contributed by atoms with Gasteiger partial charge in [-0.15, -0.1) is 0 Å². The van der Waals surface area contributed by atoms with Crippen LogP contribution in [0.1, 0.15) is 30.6 Å². The Morgan fingerprint density at radius 2 is 1.92 bits per heavy atom. The van der Waals surface area contributed by atoms with Crippen LogP contribution in [0.3, 0.4) is 0 Å². The maximum Gasteiger partial charge on any atom is 0.329 e. The largest absolute Gasteiger partial charge is 0.496 e. The van der Waals surface area contributed by atoms with Gasteiger partial charge in [-0.1, -0.05) is 12.1 Å². The van der Waals surface area contributed by atoms with Crippen LogP contribution in [0.4, 0.5) is 0 Å². The summed E-state index contributed by atoms with van der Waals surface area (Å²) >= 11 is 1.55. The molecule has 7 nitrogen and oxygen atoms in total. The van der Waals surface area contributed by atoms with E-state index < -0.39 is 24.0 Å². The number of rotatable bonds is 10. The first-order valence-electron chi connectivity index (χ1n) is 8.35. The SMILES string of the molecule is CCNC(=O)[C@H](C)OC(=O)[C@@H](CCSC)NC(=O)c1ccccc1OC. The number of nitrogens with one attached hydrogen (secondary N) is 2. The van der Waals surface area contributed by atoms with Gasteiger partial charge in [0.25, 0.3) is 11.8 Å². The van der Waals surface area contributed by atoms with Gasteiger partial charge in [0.15, 0.2) is 6.10 Å². The summed E-state index contributed by atoms with van der Waals surface area (Å²) in [5.41, 5.74) is 0.328. The van der Waals surface area contributed by atoms with Crippen molar-refractivity contribution in [2.45, 2.75) is 32.4 Å². The zero-order valence-corrected chi connectivity index (χ0v) is 16.4. The summed E-state index contributed by atoms with van der Waals surface area (Å²) in [7, 11) is 1.47. The molecule has 0 aromatic heterocycles. The minimum atomic E-state index is -0.928. The van der Waals surface area contributed by atoms with E-state index in [0.717, 1.165) is 0 Å². The van der Waals surface area contributed by atoms with Crippen molar-refractivity contribution in [2.75, 3.05) is 25.7 Å². The maximum atomic E-state index is 12.5. The smallest absolute Gasteiger partial charge is 0.329 e. The lowest BCUT2D eigenvalue weighted by molar-refractivity contribution is -0.156. The van der Waals surface area contributed by atoms with E-state index in [1.54, 1.807) is 43.0 Å². The van der Waals surface area contributed by atoms with Gasteiger partial charge in [-0.3, -0.25) is 9.59 Å². The predicted molar refractivity (Wildman–Crippen MR) is 101 cm³/mol. The van der Waals surface area contributed by atoms with Crippen LogP contribution in [0.15, 0.2) is 24.3 Å². The standard InChI is InChI=1S/C18H26N2O5S/c1-5-19-16(21)12(2)25-18(23)14(10-11-26-4)20-17(22)13-8-6-7-9-15(13)24-3/h6-9,12,14H,5,10-11H2,1-4H3,(H,19,21)(H,20,22)/t12-,14+/m0/s1. The molecule has 0 radical (unpaired) electrons. The molecule has 0 saturated heterocycles. The number of benzene rings is 1. The summed E-state index contributed by atoms with van der Waals surface area (Å²) in [6.45, 7) is 3.72. The third kappa shape index (κ3) is 6.59. The van der Waals surface area contributed by atoms with E-state index >= 15 is 0 Å². The van der Waals surface area contributed by atoms with E-state index in [1.807, 2.05) is 6.26 Å². The van der Waals surface area contributed by atoms with Crippen LogP contribution < -0.4 is 15.4 Å². The van der Waals surface area contributed by atoms with Crippen LogP contribution in [0.5, 0.6) is 5.75 Å². The second-order valence-electron chi connectivity index (χ2n) is 5.48. The molecule has 26 heavy (non-hydrogen) atoms. The summed E-state index contributed by atoms with van der Waals surface area (Å²) in [5.74, 6) is -0.378. The number of carbonyl (C=O) groups is 3. The lowest BCUT2D eigenvalue weighted by atomic mass is 10.1. The highest BCUT2D eigenvalue weighted by Crippen LogP contribution is 2.17. The van der Waals surface area contributed by atoms with Crippen molar-refractivity contribution in [3.8, 4) is 5.75 Å². The Hall–Kier alpha value is -2.22. The lowest BCUT2D eigenvalue weighted by Gasteiger charge is -2.20. The zero-order valence-electron chi connectivity index (χ0n) is 15.5. The molecule has 0 saturated carbocycles. The Morgan fingerprint density at radius 3 is 2.54 bits per heavy atom. The molecule has 0 bridgehead atoms. The first kappa shape index (κ1) is 21.8. The van der Waals surface area contributed by atoms with Crippen molar-refractivity contribution >= 4 is 29.5 Å². The highest BCUT2D eigenvalue weighted by molar-refractivity contribution is 7.98. The molecule has 144 valence electrons. The fraction of sp³-hybridized carbons (Fsp3) is 0.500. The Labute approximate surface area is 158 Å². The molecule has 2 atom stereocenters.